The van der Waals surface area contributed by atoms with E-state index in [0.29, 0.717) is 6.54 Å². The highest BCUT2D eigenvalue weighted by atomic mass is 32.2. The summed E-state index contributed by atoms with van der Waals surface area (Å²) in [6.45, 7) is 2.65. The van der Waals surface area contributed by atoms with Crippen molar-refractivity contribution in [1.82, 2.24) is 5.32 Å². The van der Waals surface area contributed by atoms with Crippen LogP contribution in [0.1, 0.15) is 32.6 Å². The first-order chi connectivity index (χ1) is 6.48. The summed E-state index contributed by atoms with van der Waals surface area (Å²) >= 11 is 0. The van der Waals surface area contributed by atoms with Gasteiger partial charge in [-0.3, -0.25) is 4.55 Å². The van der Waals surface area contributed by atoms with E-state index in [-0.39, 0.29) is 6.54 Å². The predicted octanol–water partition coefficient (Wildman–Crippen LogP) is 0.363. The minimum atomic E-state index is -4.31. The van der Waals surface area contributed by atoms with Crippen LogP contribution in [0.25, 0.3) is 0 Å². The topological polar surface area (TPSA) is 86.6 Å². The summed E-state index contributed by atoms with van der Waals surface area (Å²) in [5.41, 5.74) is -1.71. The number of rotatable bonds is 8. The van der Waals surface area contributed by atoms with Gasteiger partial charge in [0.25, 0.3) is 10.1 Å². The van der Waals surface area contributed by atoms with Gasteiger partial charge in [0.05, 0.1) is 0 Å². The molecule has 0 saturated carbocycles. The van der Waals surface area contributed by atoms with Gasteiger partial charge in [-0.05, 0) is 13.0 Å². The molecular formula is C8H19NO4S. The van der Waals surface area contributed by atoms with Gasteiger partial charge >= 0.3 is 0 Å². The monoisotopic (exact) mass is 225 g/mol. The van der Waals surface area contributed by atoms with Crippen molar-refractivity contribution in [3.63, 3.8) is 0 Å². The Labute approximate surface area is 85.3 Å². The minimum absolute atomic E-state index is 0.120. The molecule has 0 bridgehead atoms. The standard InChI is InChI=1S/C8H19NO4S/c1-2-3-4-5-6-9-7-8(10)14(11,12)13/h8-10H,2-7H2,1H3,(H,11,12,13). The minimum Gasteiger partial charge on any atom is -0.374 e. The van der Waals surface area contributed by atoms with Crippen LogP contribution in [0, 0.1) is 0 Å². The van der Waals surface area contributed by atoms with Gasteiger partial charge in [-0.1, -0.05) is 26.2 Å². The van der Waals surface area contributed by atoms with E-state index in [1.54, 1.807) is 0 Å². The van der Waals surface area contributed by atoms with Crippen molar-refractivity contribution in [2.24, 2.45) is 0 Å². The second kappa shape index (κ2) is 7.17. The molecule has 0 fully saturated rings. The van der Waals surface area contributed by atoms with E-state index in [4.69, 9.17) is 9.66 Å². The second-order valence-electron chi connectivity index (χ2n) is 3.23. The fraction of sp³-hybridized carbons (Fsp3) is 1.00. The maximum absolute atomic E-state index is 10.4. The first kappa shape index (κ1) is 13.8. The fourth-order valence-corrected chi connectivity index (χ4v) is 1.34. The Bertz CT molecular complexity index is 227. The summed E-state index contributed by atoms with van der Waals surface area (Å²) in [5, 5.41) is 11.6. The van der Waals surface area contributed by atoms with Crippen LogP contribution in [-0.2, 0) is 10.1 Å². The molecule has 86 valence electrons. The molecule has 0 rings (SSSR count). The van der Waals surface area contributed by atoms with Crippen molar-refractivity contribution in [2.75, 3.05) is 13.1 Å². The number of hydrogen-bond acceptors (Lipinski definition) is 4. The zero-order chi connectivity index (χ0) is 11.0. The number of nitrogens with one attached hydrogen (secondary N) is 1. The highest BCUT2D eigenvalue weighted by molar-refractivity contribution is 7.86. The molecule has 0 amide bonds. The predicted molar refractivity (Wildman–Crippen MR) is 54.6 cm³/mol. The third-order valence-corrected chi connectivity index (χ3v) is 2.72. The number of unbranched alkanes of at least 4 members (excludes halogenated alkanes) is 3. The molecule has 0 aromatic carbocycles. The largest absolute Gasteiger partial charge is 0.374 e. The molecule has 0 radical (unpaired) electrons. The summed E-state index contributed by atoms with van der Waals surface area (Å²) in [7, 11) is -4.31. The van der Waals surface area contributed by atoms with Crippen LogP contribution in [0.4, 0.5) is 0 Å². The number of aliphatic hydroxyl groups excluding tert-OH is 1. The number of aliphatic hydroxyl groups is 1. The molecule has 0 aliphatic carbocycles. The van der Waals surface area contributed by atoms with Gasteiger partial charge in [0.15, 0.2) is 5.44 Å². The average molecular weight is 225 g/mol. The van der Waals surface area contributed by atoms with E-state index in [9.17, 15) is 8.42 Å². The van der Waals surface area contributed by atoms with E-state index >= 15 is 0 Å². The van der Waals surface area contributed by atoms with Gasteiger partial charge < -0.3 is 10.4 Å². The molecular weight excluding hydrogens is 206 g/mol. The quantitative estimate of drug-likeness (QED) is 0.410. The molecule has 0 aliphatic heterocycles. The van der Waals surface area contributed by atoms with Gasteiger partial charge in [-0.25, -0.2) is 0 Å². The maximum atomic E-state index is 10.4. The summed E-state index contributed by atoms with van der Waals surface area (Å²) < 4.78 is 29.1. The smallest absolute Gasteiger partial charge is 0.293 e. The lowest BCUT2D eigenvalue weighted by molar-refractivity contribution is 0.229. The SMILES string of the molecule is CCCCCCNCC(O)S(=O)(=O)O. The molecule has 1 atom stereocenters. The van der Waals surface area contributed by atoms with Crippen molar-refractivity contribution in [3.05, 3.63) is 0 Å². The second-order valence-corrected chi connectivity index (χ2v) is 4.81. The van der Waals surface area contributed by atoms with E-state index in [0.717, 1.165) is 25.7 Å². The third-order valence-electron chi connectivity index (χ3n) is 1.87. The summed E-state index contributed by atoms with van der Waals surface area (Å²) in [4.78, 5) is 0. The Morgan fingerprint density at radius 1 is 1.29 bits per heavy atom. The summed E-state index contributed by atoms with van der Waals surface area (Å²) in [6.07, 6.45) is 4.34. The highest BCUT2D eigenvalue weighted by Crippen LogP contribution is 1.97. The van der Waals surface area contributed by atoms with Gasteiger partial charge in [-0.2, -0.15) is 8.42 Å². The normalized spacial score (nSPS) is 14.2. The zero-order valence-corrected chi connectivity index (χ0v) is 9.26. The van der Waals surface area contributed by atoms with Crippen molar-refractivity contribution in [1.29, 1.82) is 0 Å². The van der Waals surface area contributed by atoms with Crippen LogP contribution in [0.5, 0.6) is 0 Å². The number of hydrogen-bond donors (Lipinski definition) is 3. The van der Waals surface area contributed by atoms with Gasteiger partial charge in [-0.15, -0.1) is 0 Å². The lowest BCUT2D eigenvalue weighted by Crippen LogP contribution is -2.33. The lowest BCUT2D eigenvalue weighted by Gasteiger charge is -2.08. The molecule has 5 nitrogen and oxygen atoms in total. The Morgan fingerprint density at radius 3 is 2.43 bits per heavy atom. The molecule has 14 heavy (non-hydrogen) atoms. The van der Waals surface area contributed by atoms with Crippen LogP contribution in [0.15, 0.2) is 0 Å². The Morgan fingerprint density at radius 2 is 1.93 bits per heavy atom. The van der Waals surface area contributed by atoms with Crippen LogP contribution in [0.2, 0.25) is 0 Å². The molecule has 6 heteroatoms. The van der Waals surface area contributed by atoms with E-state index in [1.807, 2.05) is 0 Å². The van der Waals surface area contributed by atoms with Crippen molar-refractivity contribution in [2.45, 2.75) is 38.0 Å². The van der Waals surface area contributed by atoms with Crippen molar-refractivity contribution < 1.29 is 18.1 Å². The molecule has 1 unspecified atom stereocenters. The van der Waals surface area contributed by atoms with Gasteiger partial charge in [0.1, 0.15) is 0 Å². The van der Waals surface area contributed by atoms with Gasteiger partial charge in [0.2, 0.25) is 0 Å². The van der Waals surface area contributed by atoms with E-state index in [1.165, 1.54) is 0 Å². The first-order valence-corrected chi connectivity index (χ1v) is 6.34. The maximum Gasteiger partial charge on any atom is 0.293 e. The van der Waals surface area contributed by atoms with Crippen LogP contribution < -0.4 is 5.32 Å². The van der Waals surface area contributed by atoms with Crippen molar-refractivity contribution in [3.8, 4) is 0 Å². The molecule has 0 aliphatic rings. The van der Waals surface area contributed by atoms with Crippen LogP contribution >= 0.6 is 0 Å². The van der Waals surface area contributed by atoms with Crippen molar-refractivity contribution >= 4 is 10.1 Å². The van der Waals surface area contributed by atoms with Gasteiger partial charge in [0, 0.05) is 6.54 Å². The molecule has 0 heterocycles. The Hall–Kier alpha value is -0.170. The lowest BCUT2D eigenvalue weighted by atomic mass is 10.2. The fourth-order valence-electron chi connectivity index (χ4n) is 1.01. The van der Waals surface area contributed by atoms with E-state index < -0.39 is 15.6 Å². The summed E-state index contributed by atoms with van der Waals surface area (Å²) in [6, 6.07) is 0. The highest BCUT2D eigenvalue weighted by Gasteiger charge is 2.18. The first-order valence-electron chi connectivity index (χ1n) is 4.83. The Kier molecular flexibility index (Phi) is 7.08. The molecule has 0 aromatic heterocycles. The molecule has 0 spiro atoms. The van der Waals surface area contributed by atoms with E-state index in [2.05, 4.69) is 12.2 Å². The molecule has 0 aromatic rings. The molecule has 3 N–H and O–H groups in total. The summed E-state index contributed by atoms with van der Waals surface area (Å²) in [5.74, 6) is 0. The van der Waals surface area contributed by atoms with Crippen LogP contribution in [-0.4, -0.2) is 36.6 Å². The third kappa shape index (κ3) is 7.25. The zero-order valence-electron chi connectivity index (χ0n) is 8.44. The molecule has 0 saturated heterocycles. The average Bonchev–Trinajstić information content (AvgIpc) is 2.09. The Balaban J connectivity index is 3.37. The van der Waals surface area contributed by atoms with Crippen LogP contribution in [0.3, 0.4) is 0 Å².